The SMILES string of the molecule is CCCNC(Cc1nc(C)cs1)Cc1cccnc1N. The van der Waals surface area contributed by atoms with Crippen molar-refractivity contribution in [3.63, 3.8) is 0 Å². The molecule has 2 aromatic heterocycles. The van der Waals surface area contributed by atoms with Gasteiger partial charge in [-0.3, -0.25) is 0 Å². The van der Waals surface area contributed by atoms with Crippen molar-refractivity contribution in [2.45, 2.75) is 39.2 Å². The summed E-state index contributed by atoms with van der Waals surface area (Å²) in [5.74, 6) is 0.631. The summed E-state index contributed by atoms with van der Waals surface area (Å²) in [5.41, 5.74) is 8.15. The summed E-state index contributed by atoms with van der Waals surface area (Å²) < 4.78 is 0. The van der Waals surface area contributed by atoms with Crippen LogP contribution in [0.4, 0.5) is 5.82 Å². The van der Waals surface area contributed by atoms with E-state index in [1.165, 1.54) is 5.01 Å². The summed E-state index contributed by atoms with van der Waals surface area (Å²) in [6.07, 6.45) is 4.68. The number of thiazole rings is 1. The first-order valence-corrected chi connectivity index (χ1v) is 7.90. The molecule has 0 spiro atoms. The topological polar surface area (TPSA) is 63.8 Å². The molecule has 0 bridgehead atoms. The van der Waals surface area contributed by atoms with Crippen LogP contribution in [0.1, 0.15) is 29.6 Å². The summed E-state index contributed by atoms with van der Waals surface area (Å²) in [5, 5.41) is 6.87. The summed E-state index contributed by atoms with van der Waals surface area (Å²) in [6, 6.07) is 4.35. The fourth-order valence-electron chi connectivity index (χ4n) is 2.16. The minimum Gasteiger partial charge on any atom is -0.383 e. The van der Waals surface area contributed by atoms with E-state index in [4.69, 9.17) is 5.73 Å². The van der Waals surface area contributed by atoms with E-state index in [0.29, 0.717) is 11.9 Å². The van der Waals surface area contributed by atoms with E-state index in [1.54, 1.807) is 17.5 Å². The molecule has 2 aromatic rings. The molecule has 0 aromatic carbocycles. The number of aryl methyl sites for hydroxylation is 1. The van der Waals surface area contributed by atoms with Gasteiger partial charge in [-0.15, -0.1) is 11.3 Å². The zero-order chi connectivity index (χ0) is 14.4. The normalized spacial score (nSPS) is 12.5. The zero-order valence-electron chi connectivity index (χ0n) is 12.1. The number of nitrogens with one attached hydrogen (secondary N) is 1. The van der Waals surface area contributed by atoms with Crippen molar-refractivity contribution in [2.24, 2.45) is 0 Å². The van der Waals surface area contributed by atoms with E-state index in [-0.39, 0.29) is 0 Å². The number of pyridine rings is 1. The van der Waals surface area contributed by atoms with E-state index in [0.717, 1.165) is 37.1 Å². The van der Waals surface area contributed by atoms with Crippen LogP contribution in [-0.2, 0) is 12.8 Å². The number of hydrogen-bond acceptors (Lipinski definition) is 5. The Bertz CT molecular complexity index is 538. The van der Waals surface area contributed by atoms with Crippen LogP contribution in [0.3, 0.4) is 0 Å². The van der Waals surface area contributed by atoms with Gasteiger partial charge < -0.3 is 11.1 Å². The monoisotopic (exact) mass is 290 g/mol. The Morgan fingerprint density at radius 2 is 2.25 bits per heavy atom. The predicted molar refractivity (Wildman–Crippen MR) is 85.0 cm³/mol. The summed E-state index contributed by atoms with van der Waals surface area (Å²) in [7, 11) is 0. The van der Waals surface area contributed by atoms with Crippen molar-refractivity contribution in [3.8, 4) is 0 Å². The Morgan fingerprint density at radius 3 is 2.90 bits per heavy atom. The van der Waals surface area contributed by atoms with E-state index >= 15 is 0 Å². The van der Waals surface area contributed by atoms with E-state index in [9.17, 15) is 0 Å². The summed E-state index contributed by atoms with van der Waals surface area (Å²) in [4.78, 5) is 8.71. The van der Waals surface area contributed by atoms with Crippen LogP contribution in [0.15, 0.2) is 23.7 Å². The van der Waals surface area contributed by atoms with Gasteiger partial charge in [-0.1, -0.05) is 13.0 Å². The van der Waals surface area contributed by atoms with Gasteiger partial charge in [0.05, 0.1) is 5.01 Å². The molecule has 0 saturated heterocycles. The highest BCUT2D eigenvalue weighted by molar-refractivity contribution is 7.09. The number of hydrogen-bond donors (Lipinski definition) is 2. The van der Waals surface area contributed by atoms with Crippen molar-refractivity contribution in [3.05, 3.63) is 40.0 Å². The smallest absolute Gasteiger partial charge is 0.126 e. The maximum absolute atomic E-state index is 5.94. The fraction of sp³-hybridized carbons (Fsp3) is 0.467. The van der Waals surface area contributed by atoms with E-state index < -0.39 is 0 Å². The zero-order valence-corrected chi connectivity index (χ0v) is 12.9. The molecule has 0 fully saturated rings. The molecule has 0 saturated carbocycles. The van der Waals surface area contributed by atoms with Gasteiger partial charge in [0.15, 0.2) is 0 Å². The molecule has 0 amide bonds. The second-order valence-electron chi connectivity index (χ2n) is 4.99. The number of nitrogens with two attached hydrogens (primary N) is 1. The minimum absolute atomic E-state index is 0.354. The highest BCUT2D eigenvalue weighted by Gasteiger charge is 2.13. The Hall–Kier alpha value is -1.46. The average molecular weight is 290 g/mol. The third-order valence-corrected chi connectivity index (χ3v) is 4.15. The lowest BCUT2D eigenvalue weighted by atomic mass is 10.0. The lowest BCUT2D eigenvalue weighted by Crippen LogP contribution is -2.34. The summed E-state index contributed by atoms with van der Waals surface area (Å²) >= 11 is 1.73. The second kappa shape index (κ2) is 7.36. The lowest BCUT2D eigenvalue weighted by Gasteiger charge is -2.18. The van der Waals surface area contributed by atoms with Crippen molar-refractivity contribution in [1.82, 2.24) is 15.3 Å². The maximum Gasteiger partial charge on any atom is 0.126 e. The molecule has 4 nitrogen and oxygen atoms in total. The molecule has 5 heteroatoms. The van der Waals surface area contributed by atoms with Gasteiger partial charge in [0.2, 0.25) is 0 Å². The number of nitrogens with zero attached hydrogens (tertiary/aromatic N) is 2. The van der Waals surface area contributed by atoms with E-state index in [1.807, 2.05) is 13.0 Å². The molecule has 20 heavy (non-hydrogen) atoms. The highest BCUT2D eigenvalue weighted by Crippen LogP contribution is 2.15. The Labute approximate surface area is 124 Å². The summed E-state index contributed by atoms with van der Waals surface area (Å²) in [6.45, 7) is 5.22. The van der Waals surface area contributed by atoms with Gasteiger partial charge in [0, 0.05) is 29.7 Å². The number of nitrogen functional groups attached to an aromatic ring is 1. The first-order chi connectivity index (χ1) is 9.69. The van der Waals surface area contributed by atoms with Crippen molar-refractivity contribution in [1.29, 1.82) is 0 Å². The average Bonchev–Trinajstić information content (AvgIpc) is 2.84. The minimum atomic E-state index is 0.354. The largest absolute Gasteiger partial charge is 0.383 e. The van der Waals surface area contributed by atoms with E-state index in [2.05, 4.69) is 33.7 Å². The van der Waals surface area contributed by atoms with Crippen LogP contribution in [0, 0.1) is 6.92 Å². The maximum atomic E-state index is 5.94. The standard InChI is InChI=1S/C15H22N4S/c1-3-6-17-13(9-14-19-11(2)10-20-14)8-12-5-4-7-18-15(12)16/h4-5,7,10,13,17H,3,6,8-9H2,1-2H3,(H2,16,18). The van der Waals surface area contributed by atoms with Crippen LogP contribution in [0.5, 0.6) is 0 Å². The molecule has 3 N–H and O–H groups in total. The Balaban J connectivity index is 2.05. The molecule has 0 aliphatic rings. The quantitative estimate of drug-likeness (QED) is 0.822. The molecule has 1 unspecified atom stereocenters. The van der Waals surface area contributed by atoms with Crippen LogP contribution < -0.4 is 11.1 Å². The predicted octanol–water partition coefficient (Wildman–Crippen LogP) is 2.58. The van der Waals surface area contributed by atoms with Crippen molar-refractivity contribution < 1.29 is 0 Å². The number of rotatable bonds is 7. The molecule has 0 aliphatic carbocycles. The molecule has 2 heterocycles. The van der Waals surface area contributed by atoms with Gasteiger partial charge in [-0.25, -0.2) is 9.97 Å². The molecule has 0 aliphatic heterocycles. The first kappa shape index (κ1) is 14.9. The molecule has 0 radical (unpaired) electrons. The molecule has 108 valence electrons. The molecule has 1 atom stereocenters. The highest BCUT2D eigenvalue weighted by atomic mass is 32.1. The molecule has 2 rings (SSSR count). The third-order valence-electron chi connectivity index (χ3n) is 3.16. The fourth-order valence-corrected chi connectivity index (χ4v) is 3.01. The van der Waals surface area contributed by atoms with Crippen LogP contribution in [-0.4, -0.2) is 22.6 Å². The van der Waals surface area contributed by atoms with Gasteiger partial charge in [0.25, 0.3) is 0 Å². The number of anilines is 1. The van der Waals surface area contributed by atoms with Gasteiger partial charge >= 0.3 is 0 Å². The molecular weight excluding hydrogens is 268 g/mol. The van der Waals surface area contributed by atoms with Crippen LogP contribution >= 0.6 is 11.3 Å². The van der Waals surface area contributed by atoms with Crippen molar-refractivity contribution >= 4 is 17.2 Å². The van der Waals surface area contributed by atoms with Crippen LogP contribution in [0.2, 0.25) is 0 Å². The van der Waals surface area contributed by atoms with Crippen molar-refractivity contribution in [2.75, 3.05) is 12.3 Å². The van der Waals surface area contributed by atoms with Gasteiger partial charge in [-0.2, -0.15) is 0 Å². The first-order valence-electron chi connectivity index (χ1n) is 7.02. The van der Waals surface area contributed by atoms with Gasteiger partial charge in [-0.05, 0) is 37.9 Å². The Morgan fingerprint density at radius 1 is 1.40 bits per heavy atom. The third kappa shape index (κ3) is 4.28. The Kier molecular flexibility index (Phi) is 5.49. The second-order valence-corrected chi connectivity index (χ2v) is 5.93. The lowest BCUT2D eigenvalue weighted by molar-refractivity contribution is 0.504. The van der Waals surface area contributed by atoms with Crippen LogP contribution in [0.25, 0.3) is 0 Å². The van der Waals surface area contributed by atoms with Gasteiger partial charge in [0.1, 0.15) is 5.82 Å². The number of aromatic nitrogens is 2. The molecular formula is C15H22N4S.